The third kappa shape index (κ3) is 1.91. The van der Waals surface area contributed by atoms with Crippen LogP contribution in [0.15, 0.2) is 6.07 Å². The molecule has 1 unspecified atom stereocenters. The van der Waals surface area contributed by atoms with Gasteiger partial charge in [0.1, 0.15) is 0 Å². The van der Waals surface area contributed by atoms with Gasteiger partial charge in [0, 0.05) is 24.0 Å². The van der Waals surface area contributed by atoms with Crippen molar-refractivity contribution >= 4 is 0 Å². The Bertz CT molecular complexity index is 388. The fourth-order valence-electron chi connectivity index (χ4n) is 3.04. The van der Waals surface area contributed by atoms with E-state index >= 15 is 0 Å². The third-order valence-electron chi connectivity index (χ3n) is 3.71. The van der Waals surface area contributed by atoms with Gasteiger partial charge in [-0.05, 0) is 43.2 Å². The lowest BCUT2D eigenvalue weighted by molar-refractivity contribution is 0.275. The standard InChI is InChI=1S/C14H24N2/c1-5-6-16-10(2)7-11-12(15)8-14(3,4)9-13(11)16/h7,12H,5-6,8-9,15H2,1-4H3. The number of hydrogen-bond donors (Lipinski definition) is 1. The number of aryl methyl sites for hydroxylation is 1. The SMILES string of the molecule is CCCn1c(C)cc2c1CC(C)(C)CC2N. The highest BCUT2D eigenvalue weighted by atomic mass is 15.0. The maximum Gasteiger partial charge on any atom is 0.0318 e. The fourth-order valence-corrected chi connectivity index (χ4v) is 3.04. The molecule has 0 amide bonds. The number of fused-ring (bicyclic) bond motifs is 1. The summed E-state index contributed by atoms with van der Waals surface area (Å²) in [4.78, 5) is 0. The summed E-state index contributed by atoms with van der Waals surface area (Å²) in [5, 5.41) is 0. The van der Waals surface area contributed by atoms with E-state index in [-0.39, 0.29) is 6.04 Å². The Morgan fingerprint density at radius 2 is 2.19 bits per heavy atom. The molecule has 0 aliphatic heterocycles. The smallest absolute Gasteiger partial charge is 0.0318 e. The number of aromatic nitrogens is 1. The Hall–Kier alpha value is -0.760. The summed E-state index contributed by atoms with van der Waals surface area (Å²) in [6.07, 6.45) is 3.47. The Labute approximate surface area is 98.8 Å². The van der Waals surface area contributed by atoms with Crippen molar-refractivity contribution in [1.29, 1.82) is 0 Å². The van der Waals surface area contributed by atoms with E-state index in [1.54, 1.807) is 0 Å². The minimum absolute atomic E-state index is 0.232. The molecular weight excluding hydrogens is 196 g/mol. The highest BCUT2D eigenvalue weighted by Crippen LogP contribution is 2.40. The molecule has 16 heavy (non-hydrogen) atoms. The van der Waals surface area contributed by atoms with Gasteiger partial charge in [-0.2, -0.15) is 0 Å². The zero-order valence-corrected chi connectivity index (χ0v) is 11.0. The summed E-state index contributed by atoms with van der Waals surface area (Å²) in [7, 11) is 0. The van der Waals surface area contributed by atoms with Gasteiger partial charge in [0.2, 0.25) is 0 Å². The molecule has 2 rings (SSSR count). The molecule has 0 saturated carbocycles. The molecule has 1 heterocycles. The van der Waals surface area contributed by atoms with Gasteiger partial charge in [-0.3, -0.25) is 0 Å². The van der Waals surface area contributed by atoms with E-state index < -0.39 is 0 Å². The van der Waals surface area contributed by atoms with E-state index in [9.17, 15) is 0 Å². The van der Waals surface area contributed by atoms with E-state index in [4.69, 9.17) is 5.73 Å². The van der Waals surface area contributed by atoms with Gasteiger partial charge in [0.05, 0.1) is 0 Å². The van der Waals surface area contributed by atoms with E-state index in [1.165, 1.54) is 29.8 Å². The Kier molecular flexibility index (Phi) is 2.87. The molecule has 2 N–H and O–H groups in total. The lowest BCUT2D eigenvalue weighted by Gasteiger charge is -2.34. The van der Waals surface area contributed by atoms with Crippen LogP contribution < -0.4 is 5.73 Å². The highest BCUT2D eigenvalue weighted by molar-refractivity contribution is 5.34. The van der Waals surface area contributed by atoms with Crippen molar-refractivity contribution in [3.05, 3.63) is 23.0 Å². The van der Waals surface area contributed by atoms with E-state index in [0.29, 0.717) is 5.41 Å². The quantitative estimate of drug-likeness (QED) is 0.815. The van der Waals surface area contributed by atoms with E-state index in [0.717, 1.165) is 13.0 Å². The number of nitrogens with two attached hydrogens (primary N) is 1. The molecule has 1 aliphatic carbocycles. The van der Waals surface area contributed by atoms with Crippen LogP contribution in [0.4, 0.5) is 0 Å². The molecule has 1 aromatic rings. The first-order valence-corrected chi connectivity index (χ1v) is 6.39. The van der Waals surface area contributed by atoms with Crippen molar-refractivity contribution in [2.45, 2.75) is 59.5 Å². The Balaban J connectivity index is 2.45. The van der Waals surface area contributed by atoms with Crippen molar-refractivity contribution in [2.75, 3.05) is 0 Å². The molecule has 0 bridgehead atoms. The van der Waals surface area contributed by atoms with Crippen LogP contribution in [-0.4, -0.2) is 4.57 Å². The number of nitrogens with zero attached hydrogens (tertiary/aromatic N) is 1. The maximum absolute atomic E-state index is 6.29. The summed E-state index contributed by atoms with van der Waals surface area (Å²) >= 11 is 0. The second-order valence-corrected chi connectivity index (χ2v) is 5.99. The van der Waals surface area contributed by atoms with Gasteiger partial charge in [-0.1, -0.05) is 20.8 Å². The molecule has 2 nitrogen and oxygen atoms in total. The van der Waals surface area contributed by atoms with Crippen molar-refractivity contribution in [1.82, 2.24) is 4.57 Å². The molecular formula is C14H24N2. The largest absolute Gasteiger partial charge is 0.349 e. The van der Waals surface area contributed by atoms with Crippen LogP contribution in [0.25, 0.3) is 0 Å². The van der Waals surface area contributed by atoms with Crippen molar-refractivity contribution < 1.29 is 0 Å². The van der Waals surface area contributed by atoms with Crippen LogP contribution in [0, 0.1) is 12.3 Å². The molecule has 0 spiro atoms. The zero-order chi connectivity index (χ0) is 11.9. The highest BCUT2D eigenvalue weighted by Gasteiger charge is 2.32. The van der Waals surface area contributed by atoms with Crippen molar-refractivity contribution in [2.24, 2.45) is 11.1 Å². The van der Waals surface area contributed by atoms with Gasteiger partial charge < -0.3 is 10.3 Å². The van der Waals surface area contributed by atoms with E-state index in [1.807, 2.05) is 0 Å². The predicted molar refractivity (Wildman–Crippen MR) is 68.5 cm³/mol. The minimum Gasteiger partial charge on any atom is -0.349 e. The number of hydrogen-bond acceptors (Lipinski definition) is 1. The molecule has 90 valence electrons. The van der Waals surface area contributed by atoms with Crippen LogP contribution >= 0.6 is 0 Å². The van der Waals surface area contributed by atoms with Crippen LogP contribution in [-0.2, 0) is 13.0 Å². The average Bonchev–Trinajstić information content (AvgIpc) is 2.44. The topological polar surface area (TPSA) is 30.9 Å². The van der Waals surface area contributed by atoms with Gasteiger partial charge in [-0.25, -0.2) is 0 Å². The summed E-state index contributed by atoms with van der Waals surface area (Å²) in [5.41, 5.74) is 10.9. The first kappa shape index (κ1) is 11.7. The predicted octanol–water partition coefficient (Wildman–Crippen LogP) is 3.18. The first-order valence-electron chi connectivity index (χ1n) is 6.39. The molecule has 0 aromatic carbocycles. The Morgan fingerprint density at radius 3 is 2.81 bits per heavy atom. The van der Waals surface area contributed by atoms with E-state index in [2.05, 4.69) is 38.3 Å². The molecule has 0 radical (unpaired) electrons. The lowest BCUT2D eigenvalue weighted by Crippen LogP contribution is -2.30. The minimum atomic E-state index is 0.232. The summed E-state index contributed by atoms with van der Waals surface area (Å²) < 4.78 is 2.47. The average molecular weight is 220 g/mol. The zero-order valence-electron chi connectivity index (χ0n) is 11.0. The van der Waals surface area contributed by atoms with Crippen LogP contribution in [0.5, 0.6) is 0 Å². The Morgan fingerprint density at radius 1 is 1.50 bits per heavy atom. The first-order chi connectivity index (χ1) is 7.44. The number of rotatable bonds is 2. The summed E-state index contributed by atoms with van der Waals surface area (Å²) in [5.74, 6) is 0. The van der Waals surface area contributed by atoms with Gasteiger partial charge in [0.15, 0.2) is 0 Å². The fraction of sp³-hybridized carbons (Fsp3) is 0.714. The summed E-state index contributed by atoms with van der Waals surface area (Å²) in [6, 6.07) is 2.53. The normalized spacial score (nSPS) is 23.2. The molecule has 1 atom stereocenters. The molecule has 2 heteroatoms. The molecule has 0 fully saturated rings. The monoisotopic (exact) mass is 220 g/mol. The van der Waals surface area contributed by atoms with Crippen LogP contribution in [0.2, 0.25) is 0 Å². The van der Waals surface area contributed by atoms with Gasteiger partial charge in [0.25, 0.3) is 0 Å². The van der Waals surface area contributed by atoms with Crippen molar-refractivity contribution in [3.8, 4) is 0 Å². The summed E-state index contributed by atoms with van der Waals surface area (Å²) in [6.45, 7) is 10.2. The van der Waals surface area contributed by atoms with Gasteiger partial charge >= 0.3 is 0 Å². The van der Waals surface area contributed by atoms with Crippen molar-refractivity contribution in [3.63, 3.8) is 0 Å². The molecule has 0 saturated heterocycles. The molecule has 1 aromatic heterocycles. The second kappa shape index (κ2) is 3.92. The molecule has 1 aliphatic rings. The third-order valence-corrected chi connectivity index (χ3v) is 3.71. The van der Waals surface area contributed by atoms with Gasteiger partial charge in [-0.15, -0.1) is 0 Å². The second-order valence-electron chi connectivity index (χ2n) is 5.99. The van der Waals surface area contributed by atoms with Crippen LogP contribution in [0.3, 0.4) is 0 Å². The lowest BCUT2D eigenvalue weighted by atomic mass is 9.74. The van der Waals surface area contributed by atoms with Crippen LogP contribution in [0.1, 0.15) is 56.6 Å². The maximum atomic E-state index is 6.29.